The normalized spacial score (nSPS) is 15.9. The number of nitrogens with one attached hydrogen (secondary N) is 2. The van der Waals surface area contributed by atoms with Crippen LogP contribution in [0.2, 0.25) is 0 Å². The van der Waals surface area contributed by atoms with Gasteiger partial charge in [0, 0.05) is 36.3 Å². The molecular formula is C26H29F2N5O4. The smallest absolute Gasteiger partial charge is 0.412 e. The number of carbonyl (C=O) groups is 2. The van der Waals surface area contributed by atoms with E-state index in [0.29, 0.717) is 41.1 Å². The number of benzene rings is 2. The molecule has 1 aliphatic rings. The average molecular weight is 514 g/mol. The molecule has 0 bridgehead atoms. The van der Waals surface area contributed by atoms with Crippen molar-refractivity contribution in [2.75, 3.05) is 23.7 Å². The van der Waals surface area contributed by atoms with Crippen LogP contribution >= 0.6 is 0 Å². The molecule has 3 N–H and O–H groups in total. The second-order valence-corrected chi connectivity index (χ2v) is 10.1. The lowest BCUT2D eigenvalue weighted by Crippen LogP contribution is -2.44. The zero-order chi connectivity index (χ0) is 26.9. The first kappa shape index (κ1) is 26.1. The van der Waals surface area contributed by atoms with Gasteiger partial charge in [0.15, 0.2) is 11.6 Å². The molecule has 4 rings (SSSR count). The van der Waals surface area contributed by atoms with Crippen molar-refractivity contribution in [3.63, 3.8) is 0 Å². The quantitative estimate of drug-likeness (QED) is 0.405. The van der Waals surface area contributed by atoms with Crippen LogP contribution in [0.15, 0.2) is 30.5 Å². The highest BCUT2D eigenvalue weighted by atomic mass is 19.2. The summed E-state index contributed by atoms with van der Waals surface area (Å²) in [6.07, 6.45) is 1.29. The zero-order valence-electron chi connectivity index (χ0n) is 21.1. The number of likely N-dealkylation sites (tertiary alicyclic amines) is 1. The molecule has 196 valence electrons. The number of hydrogen-bond donors (Lipinski definition) is 3. The van der Waals surface area contributed by atoms with Gasteiger partial charge in [-0.3, -0.25) is 5.32 Å². The Morgan fingerprint density at radius 2 is 1.95 bits per heavy atom. The molecule has 1 saturated heterocycles. The van der Waals surface area contributed by atoms with Crippen molar-refractivity contribution in [1.29, 1.82) is 0 Å². The molecule has 0 spiro atoms. The monoisotopic (exact) mass is 513 g/mol. The Labute approximate surface area is 212 Å². The van der Waals surface area contributed by atoms with Crippen LogP contribution in [-0.2, 0) is 4.74 Å². The third-order valence-corrected chi connectivity index (χ3v) is 5.93. The summed E-state index contributed by atoms with van der Waals surface area (Å²) in [7, 11) is 0. The average Bonchev–Trinajstić information content (AvgIpc) is 2.81. The maximum absolute atomic E-state index is 15.2. The van der Waals surface area contributed by atoms with Gasteiger partial charge in [-0.1, -0.05) is 6.07 Å². The molecule has 9 nitrogen and oxygen atoms in total. The third kappa shape index (κ3) is 6.04. The molecule has 0 saturated carbocycles. The van der Waals surface area contributed by atoms with Crippen molar-refractivity contribution >= 4 is 34.7 Å². The van der Waals surface area contributed by atoms with Crippen molar-refractivity contribution in [3.8, 4) is 11.1 Å². The van der Waals surface area contributed by atoms with Crippen LogP contribution in [0.5, 0.6) is 0 Å². The van der Waals surface area contributed by atoms with Crippen LogP contribution in [0.25, 0.3) is 22.0 Å². The summed E-state index contributed by atoms with van der Waals surface area (Å²) in [6.45, 7) is 7.48. The van der Waals surface area contributed by atoms with E-state index in [1.165, 1.54) is 11.0 Å². The molecule has 3 aromatic rings. The fraction of sp³-hybridized carbons (Fsp3) is 0.385. The number of aromatic nitrogens is 2. The summed E-state index contributed by atoms with van der Waals surface area (Å²) < 4.78 is 35.2. The minimum Gasteiger partial charge on any atom is -0.465 e. The van der Waals surface area contributed by atoms with Crippen molar-refractivity contribution in [2.45, 2.75) is 52.2 Å². The van der Waals surface area contributed by atoms with E-state index in [2.05, 4.69) is 20.6 Å². The fourth-order valence-corrected chi connectivity index (χ4v) is 4.32. The Morgan fingerprint density at radius 3 is 2.65 bits per heavy atom. The van der Waals surface area contributed by atoms with Gasteiger partial charge in [0.2, 0.25) is 5.95 Å². The molecule has 1 aromatic heterocycles. The summed E-state index contributed by atoms with van der Waals surface area (Å²) in [5.41, 5.74) is 0.409. The minimum absolute atomic E-state index is 0.0623. The van der Waals surface area contributed by atoms with E-state index < -0.39 is 29.4 Å². The van der Waals surface area contributed by atoms with Crippen molar-refractivity contribution in [1.82, 2.24) is 14.9 Å². The van der Waals surface area contributed by atoms with Gasteiger partial charge in [-0.2, -0.15) is 0 Å². The molecule has 37 heavy (non-hydrogen) atoms. The van der Waals surface area contributed by atoms with E-state index in [-0.39, 0.29) is 17.3 Å². The number of nitrogens with zero attached hydrogens (tertiary/aromatic N) is 3. The minimum atomic E-state index is -1.19. The SMILES string of the molecule is Cc1cc(NC(=O)OC(C)(C)C)c(F)c(F)c1-c1ccc2nc(N[C@H]3CCCN(C(=O)O)C3)ncc2c1. The first-order chi connectivity index (χ1) is 17.4. The van der Waals surface area contributed by atoms with Crippen LogP contribution in [0, 0.1) is 18.6 Å². The predicted molar refractivity (Wildman–Crippen MR) is 136 cm³/mol. The number of hydrogen-bond acceptors (Lipinski definition) is 6. The molecule has 1 fully saturated rings. The Bertz CT molecular complexity index is 1360. The molecule has 2 aromatic carbocycles. The van der Waals surface area contributed by atoms with Gasteiger partial charge >= 0.3 is 12.2 Å². The number of fused-ring (bicyclic) bond motifs is 1. The van der Waals surface area contributed by atoms with E-state index in [0.717, 1.165) is 12.8 Å². The van der Waals surface area contributed by atoms with Gasteiger partial charge < -0.3 is 20.1 Å². The van der Waals surface area contributed by atoms with Crippen molar-refractivity contribution < 1.29 is 28.2 Å². The Hall–Kier alpha value is -4.02. The first-order valence-corrected chi connectivity index (χ1v) is 11.9. The summed E-state index contributed by atoms with van der Waals surface area (Å²) in [5.74, 6) is -1.92. The molecule has 2 heterocycles. The molecule has 1 aliphatic heterocycles. The maximum Gasteiger partial charge on any atom is 0.412 e. The summed E-state index contributed by atoms with van der Waals surface area (Å²) in [6, 6.07) is 6.24. The number of rotatable bonds is 4. The molecule has 2 amide bonds. The maximum atomic E-state index is 15.2. The van der Waals surface area contributed by atoms with E-state index in [1.807, 2.05) is 0 Å². The topological polar surface area (TPSA) is 117 Å². The van der Waals surface area contributed by atoms with Gasteiger partial charge in [0.1, 0.15) is 5.60 Å². The number of halogens is 2. The highest BCUT2D eigenvalue weighted by molar-refractivity contribution is 5.88. The van der Waals surface area contributed by atoms with Gasteiger partial charge in [0.25, 0.3) is 0 Å². The number of carboxylic acid groups (broad SMARTS) is 1. The first-order valence-electron chi connectivity index (χ1n) is 11.9. The van der Waals surface area contributed by atoms with E-state index in [4.69, 9.17) is 4.74 Å². The van der Waals surface area contributed by atoms with E-state index in [9.17, 15) is 19.1 Å². The van der Waals surface area contributed by atoms with Crippen LogP contribution in [0.1, 0.15) is 39.2 Å². The van der Waals surface area contributed by atoms with E-state index >= 15 is 4.39 Å². The number of carbonyl (C=O) groups excluding carboxylic acids is 1. The summed E-state index contributed by atoms with van der Waals surface area (Å²) in [5, 5.41) is 15.3. The number of piperidine rings is 1. The molecule has 11 heteroatoms. The molecule has 0 unspecified atom stereocenters. The molecule has 0 radical (unpaired) electrons. The van der Waals surface area contributed by atoms with E-state index in [1.54, 1.807) is 52.1 Å². The second-order valence-electron chi connectivity index (χ2n) is 10.1. The van der Waals surface area contributed by atoms with Gasteiger partial charge in [-0.15, -0.1) is 0 Å². The highest BCUT2D eigenvalue weighted by Crippen LogP contribution is 2.34. The van der Waals surface area contributed by atoms with Gasteiger partial charge in [0.05, 0.1) is 11.2 Å². The van der Waals surface area contributed by atoms with Crippen LogP contribution in [0.3, 0.4) is 0 Å². The fourth-order valence-electron chi connectivity index (χ4n) is 4.32. The lowest BCUT2D eigenvalue weighted by atomic mass is 9.97. The lowest BCUT2D eigenvalue weighted by molar-refractivity contribution is 0.0635. The highest BCUT2D eigenvalue weighted by Gasteiger charge is 2.24. The molecule has 1 atom stereocenters. The van der Waals surface area contributed by atoms with Gasteiger partial charge in [-0.05, 0) is 69.9 Å². The predicted octanol–water partition coefficient (Wildman–Crippen LogP) is 5.78. The second kappa shape index (κ2) is 10.2. The summed E-state index contributed by atoms with van der Waals surface area (Å²) in [4.78, 5) is 33.5. The molecular weight excluding hydrogens is 484 g/mol. The standard InChI is InChI=1S/C26H29F2N5O4/c1-14-10-19(32-24(34)37-26(2,3)4)21(27)22(28)20(14)15-7-8-18-16(11-15)12-29-23(31-18)30-17-6-5-9-33(13-17)25(35)36/h7-8,10-12,17H,5-6,9,13H2,1-4H3,(H,32,34)(H,35,36)(H,29,30,31)/t17-/m0/s1. The Kier molecular flexibility index (Phi) is 7.15. The number of ether oxygens (including phenoxy) is 1. The largest absolute Gasteiger partial charge is 0.465 e. The molecule has 0 aliphatic carbocycles. The third-order valence-electron chi connectivity index (χ3n) is 5.93. The van der Waals surface area contributed by atoms with Gasteiger partial charge in [-0.25, -0.2) is 28.3 Å². The summed E-state index contributed by atoms with van der Waals surface area (Å²) >= 11 is 0. The van der Waals surface area contributed by atoms with Crippen molar-refractivity contribution in [3.05, 3.63) is 47.7 Å². The van der Waals surface area contributed by atoms with Crippen LogP contribution in [0.4, 0.5) is 30.0 Å². The Morgan fingerprint density at radius 1 is 1.19 bits per heavy atom. The number of aryl methyl sites for hydroxylation is 1. The zero-order valence-corrected chi connectivity index (χ0v) is 21.1. The van der Waals surface area contributed by atoms with Crippen LogP contribution in [-0.4, -0.2) is 56.9 Å². The van der Waals surface area contributed by atoms with Crippen molar-refractivity contribution in [2.24, 2.45) is 0 Å². The number of anilines is 2. The lowest BCUT2D eigenvalue weighted by Gasteiger charge is -2.31. The van der Waals surface area contributed by atoms with Crippen LogP contribution < -0.4 is 10.6 Å². The number of amides is 2. The Balaban J connectivity index is 1.56.